The highest BCUT2D eigenvalue weighted by atomic mass is 32.1. The molecule has 0 saturated carbocycles. The van der Waals surface area contributed by atoms with Gasteiger partial charge in [-0.05, 0) is 47.4 Å². The Morgan fingerprint density at radius 3 is 2.62 bits per heavy atom. The predicted octanol–water partition coefficient (Wildman–Crippen LogP) is 3.85. The van der Waals surface area contributed by atoms with Gasteiger partial charge in [-0.25, -0.2) is 0 Å². The smallest absolute Gasteiger partial charge is 0.248 e. The van der Waals surface area contributed by atoms with Crippen molar-refractivity contribution >= 4 is 34.9 Å². The summed E-state index contributed by atoms with van der Waals surface area (Å²) in [6, 6.07) is 14.7. The second-order valence-electron chi connectivity index (χ2n) is 5.57. The number of rotatable bonds is 7. The molecule has 0 aliphatic rings. The molecular weight excluding hydrogens is 348 g/mol. The molecule has 0 saturated heterocycles. The van der Waals surface area contributed by atoms with Gasteiger partial charge in [-0.1, -0.05) is 18.2 Å². The summed E-state index contributed by atoms with van der Waals surface area (Å²) in [5.41, 5.74) is 1.56. The third-order valence-corrected chi connectivity index (χ3v) is 4.44. The van der Waals surface area contributed by atoms with E-state index in [9.17, 15) is 9.59 Å². The van der Waals surface area contributed by atoms with Gasteiger partial charge in [0.05, 0.1) is 19.2 Å². The molecule has 6 heteroatoms. The summed E-state index contributed by atoms with van der Waals surface area (Å²) in [5, 5.41) is 7.64. The van der Waals surface area contributed by atoms with Crippen LogP contribution < -0.4 is 10.6 Å². The Kier molecular flexibility index (Phi) is 6.01. The Morgan fingerprint density at radius 1 is 1.08 bits per heavy atom. The molecule has 0 spiro atoms. The zero-order valence-corrected chi connectivity index (χ0v) is 14.8. The second kappa shape index (κ2) is 8.82. The van der Waals surface area contributed by atoms with Crippen molar-refractivity contribution in [2.45, 2.75) is 13.0 Å². The number of benzene rings is 1. The van der Waals surface area contributed by atoms with Crippen molar-refractivity contribution in [3.05, 3.63) is 82.5 Å². The lowest BCUT2D eigenvalue weighted by Gasteiger charge is -2.06. The molecule has 26 heavy (non-hydrogen) atoms. The lowest BCUT2D eigenvalue weighted by Crippen LogP contribution is -2.24. The van der Waals surface area contributed by atoms with Crippen LogP contribution in [0.3, 0.4) is 0 Å². The van der Waals surface area contributed by atoms with Crippen molar-refractivity contribution in [2.75, 3.05) is 5.32 Å². The fraction of sp³-hybridized carbons (Fsp3) is 0.100. The number of hydrogen-bond acceptors (Lipinski definition) is 4. The number of carbonyl (C=O) groups is 2. The van der Waals surface area contributed by atoms with Crippen molar-refractivity contribution in [3.63, 3.8) is 0 Å². The molecule has 3 aromatic rings. The number of nitrogens with one attached hydrogen (secondary N) is 2. The quantitative estimate of drug-likeness (QED) is 0.624. The van der Waals surface area contributed by atoms with Crippen molar-refractivity contribution in [1.29, 1.82) is 0 Å². The van der Waals surface area contributed by atoms with Crippen molar-refractivity contribution in [2.24, 2.45) is 0 Å². The fourth-order valence-corrected chi connectivity index (χ4v) is 2.93. The molecule has 2 N–H and O–H groups in total. The van der Waals surface area contributed by atoms with E-state index in [0.29, 0.717) is 24.4 Å². The van der Waals surface area contributed by atoms with Crippen LogP contribution in [0, 0.1) is 0 Å². The summed E-state index contributed by atoms with van der Waals surface area (Å²) in [5.74, 6) is 0.337. The predicted molar refractivity (Wildman–Crippen MR) is 103 cm³/mol. The molecule has 0 radical (unpaired) electrons. The van der Waals surface area contributed by atoms with Crippen LogP contribution in [-0.4, -0.2) is 11.8 Å². The van der Waals surface area contributed by atoms with E-state index in [1.54, 1.807) is 47.9 Å². The summed E-state index contributed by atoms with van der Waals surface area (Å²) in [6.07, 6.45) is 4.86. The van der Waals surface area contributed by atoms with Gasteiger partial charge in [0.15, 0.2) is 0 Å². The zero-order valence-electron chi connectivity index (χ0n) is 14.0. The van der Waals surface area contributed by atoms with Gasteiger partial charge in [0, 0.05) is 16.6 Å². The first kappa shape index (κ1) is 17.7. The number of furan rings is 1. The molecule has 0 bridgehead atoms. The van der Waals surface area contributed by atoms with Crippen LogP contribution in [0.15, 0.2) is 70.7 Å². The van der Waals surface area contributed by atoms with Gasteiger partial charge in [-0.15, -0.1) is 11.3 Å². The summed E-state index contributed by atoms with van der Waals surface area (Å²) < 4.78 is 5.13. The SMILES string of the molecule is O=C(/C=C/c1ccco1)Nc1ccc(CC(=O)NCc2cccs2)cc1. The van der Waals surface area contributed by atoms with Crippen LogP contribution >= 0.6 is 11.3 Å². The van der Waals surface area contributed by atoms with Gasteiger partial charge < -0.3 is 15.1 Å². The van der Waals surface area contributed by atoms with E-state index in [-0.39, 0.29) is 11.8 Å². The van der Waals surface area contributed by atoms with Crippen LogP contribution in [0.1, 0.15) is 16.2 Å². The van der Waals surface area contributed by atoms with E-state index < -0.39 is 0 Å². The summed E-state index contributed by atoms with van der Waals surface area (Å²) in [7, 11) is 0. The van der Waals surface area contributed by atoms with Crippen LogP contribution in [0.4, 0.5) is 5.69 Å². The van der Waals surface area contributed by atoms with Crippen LogP contribution in [0.25, 0.3) is 6.08 Å². The average molecular weight is 366 g/mol. The third kappa shape index (κ3) is 5.46. The molecule has 2 heterocycles. The van der Waals surface area contributed by atoms with Crippen molar-refractivity contribution in [1.82, 2.24) is 5.32 Å². The number of carbonyl (C=O) groups excluding carboxylic acids is 2. The van der Waals surface area contributed by atoms with Gasteiger partial charge in [0.1, 0.15) is 5.76 Å². The Hall–Kier alpha value is -3.12. The van der Waals surface area contributed by atoms with Crippen molar-refractivity contribution in [3.8, 4) is 0 Å². The molecular formula is C20H18N2O3S. The van der Waals surface area contributed by atoms with Crippen molar-refractivity contribution < 1.29 is 14.0 Å². The molecule has 0 aliphatic carbocycles. The first-order valence-electron chi connectivity index (χ1n) is 8.09. The molecule has 0 unspecified atom stereocenters. The lowest BCUT2D eigenvalue weighted by atomic mass is 10.1. The van der Waals surface area contributed by atoms with E-state index in [1.807, 2.05) is 29.6 Å². The topological polar surface area (TPSA) is 71.3 Å². The molecule has 0 atom stereocenters. The number of thiophene rings is 1. The van der Waals surface area contributed by atoms with E-state index in [4.69, 9.17) is 4.42 Å². The number of anilines is 1. The Balaban J connectivity index is 1.46. The van der Waals surface area contributed by atoms with Gasteiger partial charge in [0.2, 0.25) is 11.8 Å². The van der Waals surface area contributed by atoms with E-state index in [2.05, 4.69) is 10.6 Å². The highest BCUT2D eigenvalue weighted by Crippen LogP contribution is 2.11. The highest BCUT2D eigenvalue weighted by molar-refractivity contribution is 7.09. The highest BCUT2D eigenvalue weighted by Gasteiger charge is 2.05. The minimum absolute atomic E-state index is 0.0310. The van der Waals surface area contributed by atoms with Gasteiger partial charge in [0.25, 0.3) is 0 Å². The first-order valence-corrected chi connectivity index (χ1v) is 8.97. The van der Waals surface area contributed by atoms with Gasteiger partial charge in [-0.3, -0.25) is 9.59 Å². The average Bonchev–Trinajstić information content (AvgIpc) is 3.34. The maximum Gasteiger partial charge on any atom is 0.248 e. The summed E-state index contributed by atoms with van der Waals surface area (Å²) in [4.78, 5) is 25.0. The molecule has 2 amide bonds. The minimum Gasteiger partial charge on any atom is -0.465 e. The molecule has 0 aliphatic heterocycles. The Bertz CT molecular complexity index is 866. The second-order valence-corrected chi connectivity index (χ2v) is 6.60. The Labute approximate surface area is 155 Å². The zero-order chi connectivity index (χ0) is 18.2. The fourth-order valence-electron chi connectivity index (χ4n) is 2.28. The third-order valence-electron chi connectivity index (χ3n) is 3.57. The molecule has 2 aromatic heterocycles. The van der Waals surface area contributed by atoms with Crippen LogP contribution in [-0.2, 0) is 22.6 Å². The maximum atomic E-state index is 12.0. The standard InChI is InChI=1S/C20H18N2O3S/c23-19(10-9-17-3-1-11-25-17)22-16-7-5-15(6-8-16)13-20(24)21-14-18-4-2-12-26-18/h1-12H,13-14H2,(H,21,24)(H,22,23)/b10-9+. The Morgan fingerprint density at radius 2 is 1.92 bits per heavy atom. The van der Waals surface area contributed by atoms with Crippen LogP contribution in [0.5, 0.6) is 0 Å². The normalized spacial score (nSPS) is 10.8. The van der Waals surface area contributed by atoms with E-state index >= 15 is 0 Å². The van der Waals surface area contributed by atoms with Gasteiger partial charge in [-0.2, -0.15) is 0 Å². The largest absolute Gasteiger partial charge is 0.465 e. The monoisotopic (exact) mass is 366 g/mol. The molecule has 3 rings (SSSR count). The molecule has 5 nitrogen and oxygen atoms in total. The summed E-state index contributed by atoms with van der Waals surface area (Å²) in [6.45, 7) is 0.548. The lowest BCUT2D eigenvalue weighted by molar-refractivity contribution is -0.120. The van der Waals surface area contributed by atoms with E-state index in [0.717, 1.165) is 10.4 Å². The number of amides is 2. The first-order chi connectivity index (χ1) is 12.7. The molecule has 132 valence electrons. The number of hydrogen-bond donors (Lipinski definition) is 2. The minimum atomic E-state index is -0.247. The van der Waals surface area contributed by atoms with Gasteiger partial charge >= 0.3 is 0 Å². The van der Waals surface area contributed by atoms with E-state index in [1.165, 1.54) is 6.08 Å². The summed E-state index contributed by atoms with van der Waals surface area (Å²) >= 11 is 1.62. The molecule has 1 aromatic carbocycles. The molecule has 0 fully saturated rings. The van der Waals surface area contributed by atoms with Crippen LogP contribution in [0.2, 0.25) is 0 Å². The maximum absolute atomic E-state index is 12.0.